The number of nitrogens with one attached hydrogen (secondary N) is 1. The second-order valence-electron chi connectivity index (χ2n) is 4.34. The summed E-state index contributed by atoms with van der Waals surface area (Å²) < 4.78 is 0. The molecule has 0 spiro atoms. The lowest BCUT2D eigenvalue weighted by atomic mass is 10.00. The van der Waals surface area contributed by atoms with Crippen LogP contribution in [0.25, 0.3) is 0 Å². The summed E-state index contributed by atoms with van der Waals surface area (Å²) in [6.07, 6.45) is 0. The zero-order valence-corrected chi connectivity index (χ0v) is 9.82. The van der Waals surface area contributed by atoms with E-state index in [1.165, 1.54) is 11.1 Å². The van der Waals surface area contributed by atoms with E-state index >= 15 is 0 Å². The van der Waals surface area contributed by atoms with Crippen molar-refractivity contribution in [3.05, 3.63) is 35.4 Å². The molecule has 88 valence electrons. The van der Waals surface area contributed by atoms with Gasteiger partial charge >= 0.3 is 0 Å². The molecular weight excluding hydrogens is 200 g/mol. The molecule has 1 atom stereocenters. The lowest BCUT2D eigenvalue weighted by Crippen LogP contribution is -2.46. The molecule has 0 saturated carbocycles. The van der Waals surface area contributed by atoms with E-state index in [1.54, 1.807) is 0 Å². The van der Waals surface area contributed by atoms with Crippen molar-refractivity contribution < 1.29 is 5.11 Å². The summed E-state index contributed by atoms with van der Waals surface area (Å²) in [5, 5.41) is 12.9. The summed E-state index contributed by atoms with van der Waals surface area (Å²) in [6.45, 7) is 6.37. The standard InChI is InChI=1S/C13H20N2O/c1-11-4-2-3-5-12(11)13(10-16)15-8-6-14-7-9-15/h2-5,13-14,16H,6-10H2,1H3/t13-/m0/s1. The summed E-state index contributed by atoms with van der Waals surface area (Å²) >= 11 is 0. The predicted octanol–water partition coefficient (Wildman–Crippen LogP) is 0.934. The van der Waals surface area contributed by atoms with Crippen molar-refractivity contribution in [1.82, 2.24) is 10.2 Å². The van der Waals surface area contributed by atoms with Crippen molar-refractivity contribution in [2.75, 3.05) is 32.8 Å². The van der Waals surface area contributed by atoms with E-state index in [4.69, 9.17) is 0 Å². The first-order valence-electron chi connectivity index (χ1n) is 5.94. The molecule has 1 fully saturated rings. The molecule has 0 aromatic heterocycles. The molecular formula is C13H20N2O. The van der Waals surface area contributed by atoms with Gasteiger partial charge in [-0.2, -0.15) is 0 Å². The van der Waals surface area contributed by atoms with E-state index in [2.05, 4.69) is 29.3 Å². The Morgan fingerprint density at radius 2 is 2.00 bits per heavy atom. The second-order valence-corrected chi connectivity index (χ2v) is 4.34. The van der Waals surface area contributed by atoms with Gasteiger partial charge in [-0.25, -0.2) is 0 Å². The highest BCUT2D eigenvalue weighted by atomic mass is 16.3. The number of hydrogen-bond acceptors (Lipinski definition) is 3. The first kappa shape index (κ1) is 11.6. The molecule has 1 saturated heterocycles. The second kappa shape index (κ2) is 5.43. The van der Waals surface area contributed by atoms with Gasteiger partial charge in [0.15, 0.2) is 0 Å². The minimum absolute atomic E-state index is 0.156. The molecule has 0 aliphatic carbocycles. The number of benzene rings is 1. The zero-order chi connectivity index (χ0) is 11.4. The van der Waals surface area contributed by atoms with E-state index in [-0.39, 0.29) is 12.6 Å². The average molecular weight is 220 g/mol. The molecule has 1 aromatic carbocycles. The highest BCUT2D eigenvalue weighted by Crippen LogP contribution is 2.23. The molecule has 2 N–H and O–H groups in total. The van der Waals surface area contributed by atoms with Gasteiger partial charge in [-0.05, 0) is 18.1 Å². The monoisotopic (exact) mass is 220 g/mol. The zero-order valence-electron chi connectivity index (χ0n) is 9.82. The maximum Gasteiger partial charge on any atom is 0.0628 e. The Hall–Kier alpha value is -0.900. The molecule has 3 nitrogen and oxygen atoms in total. The van der Waals surface area contributed by atoms with Crippen molar-refractivity contribution in [2.24, 2.45) is 0 Å². The molecule has 2 rings (SSSR count). The fourth-order valence-corrected chi connectivity index (χ4v) is 2.36. The molecule has 0 amide bonds. The van der Waals surface area contributed by atoms with Crippen molar-refractivity contribution in [3.8, 4) is 0 Å². The number of piperazine rings is 1. The number of nitrogens with zero attached hydrogens (tertiary/aromatic N) is 1. The van der Waals surface area contributed by atoms with Crippen LogP contribution in [0.15, 0.2) is 24.3 Å². The molecule has 0 radical (unpaired) electrons. The Morgan fingerprint density at radius 1 is 1.31 bits per heavy atom. The van der Waals surface area contributed by atoms with Gasteiger partial charge in [0.2, 0.25) is 0 Å². The Balaban J connectivity index is 2.18. The SMILES string of the molecule is Cc1ccccc1[C@H](CO)N1CCNCC1. The van der Waals surface area contributed by atoms with E-state index in [0.717, 1.165) is 26.2 Å². The Morgan fingerprint density at radius 3 is 2.62 bits per heavy atom. The average Bonchev–Trinajstić information content (AvgIpc) is 2.34. The number of aryl methyl sites for hydroxylation is 1. The minimum atomic E-state index is 0.156. The van der Waals surface area contributed by atoms with Crippen molar-refractivity contribution >= 4 is 0 Å². The smallest absolute Gasteiger partial charge is 0.0628 e. The maximum absolute atomic E-state index is 9.59. The molecule has 1 heterocycles. The van der Waals surface area contributed by atoms with Crippen LogP contribution >= 0.6 is 0 Å². The molecule has 0 bridgehead atoms. The fourth-order valence-electron chi connectivity index (χ4n) is 2.36. The lowest BCUT2D eigenvalue weighted by molar-refractivity contribution is 0.110. The van der Waals surface area contributed by atoms with Crippen LogP contribution < -0.4 is 5.32 Å². The van der Waals surface area contributed by atoms with Crippen LogP contribution in [-0.2, 0) is 0 Å². The van der Waals surface area contributed by atoms with Crippen molar-refractivity contribution in [1.29, 1.82) is 0 Å². The van der Waals surface area contributed by atoms with Crippen LogP contribution in [0.2, 0.25) is 0 Å². The van der Waals surface area contributed by atoms with Crippen LogP contribution in [0, 0.1) is 6.92 Å². The Labute approximate surface area is 97.1 Å². The van der Waals surface area contributed by atoms with E-state index in [0.29, 0.717) is 0 Å². The summed E-state index contributed by atoms with van der Waals surface area (Å²) in [5.74, 6) is 0. The van der Waals surface area contributed by atoms with Crippen LogP contribution in [0.4, 0.5) is 0 Å². The summed E-state index contributed by atoms with van der Waals surface area (Å²) in [5.41, 5.74) is 2.52. The van der Waals surface area contributed by atoms with Gasteiger partial charge in [0.05, 0.1) is 12.6 Å². The van der Waals surface area contributed by atoms with Gasteiger partial charge in [0, 0.05) is 26.2 Å². The Kier molecular flexibility index (Phi) is 3.93. The van der Waals surface area contributed by atoms with E-state index in [9.17, 15) is 5.11 Å². The van der Waals surface area contributed by atoms with Gasteiger partial charge in [-0.15, -0.1) is 0 Å². The fraction of sp³-hybridized carbons (Fsp3) is 0.538. The van der Waals surface area contributed by atoms with Crippen molar-refractivity contribution in [2.45, 2.75) is 13.0 Å². The number of aliphatic hydroxyl groups excluding tert-OH is 1. The molecule has 1 aliphatic rings. The molecule has 0 unspecified atom stereocenters. The van der Waals surface area contributed by atoms with Gasteiger partial charge in [0.25, 0.3) is 0 Å². The third-order valence-corrected chi connectivity index (χ3v) is 3.31. The topological polar surface area (TPSA) is 35.5 Å². The first-order chi connectivity index (χ1) is 7.83. The number of hydrogen-bond donors (Lipinski definition) is 2. The number of aliphatic hydroxyl groups is 1. The summed E-state index contributed by atoms with van der Waals surface area (Å²) in [6, 6.07) is 8.49. The van der Waals surface area contributed by atoms with E-state index < -0.39 is 0 Å². The van der Waals surface area contributed by atoms with Gasteiger partial charge in [0.1, 0.15) is 0 Å². The minimum Gasteiger partial charge on any atom is -0.394 e. The molecule has 1 aromatic rings. The van der Waals surface area contributed by atoms with Crippen LogP contribution in [0.3, 0.4) is 0 Å². The molecule has 16 heavy (non-hydrogen) atoms. The molecule has 3 heteroatoms. The van der Waals surface area contributed by atoms with Gasteiger partial charge < -0.3 is 10.4 Å². The maximum atomic E-state index is 9.59. The first-order valence-corrected chi connectivity index (χ1v) is 5.94. The third-order valence-electron chi connectivity index (χ3n) is 3.31. The Bertz CT molecular complexity index is 334. The summed E-state index contributed by atoms with van der Waals surface area (Å²) in [7, 11) is 0. The van der Waals surface area contributed by atoms with Crippen LogP contribution in [0.1, 0.15) is 17.2 Å². The lowest BCUT2D eigenvalue weighted by Gasteiger charge is -2.34. The predicted molar refractivity (Wildman–Crippen MR) is 65.4 cm³/mol. The van der Waals surface area contributed by atoms with Crippen LogP contribution in [-0.4, -0.2) is 42.8 Å². The highest BCUT2D eigenvalue weighted by molar-refractivity contribution is 5.29. The summed E-state index contributed by atoms with van der Waals surface area (Å²) in [4.78, 5) is 2.36. The highest BCUT2D eigenvalue weighted by Gasteiger charge is 2.22. The van der Waals surface area contributed by atoms with Crippen molar-refractivity contribution in [3.63, 3.8) is 0 Å². The van der Waals surface area contributed by atoms with Crippen LogP contribution in [0.5, 0.6) is 0 Å². The number of rotatable bonds is 3. The molecule has 1 aliphatic heterocycles. The van der Waals surface area contributed by atoms with Gasteiger partial charge in [-0.1, -0.05) is 24.3 Å². The quantitative estimate of drug-likeness (QED) is 0.795. The third kappa shape index (κ3) is 2.43. The largest absolute Gasteiger partial charge is 0.394 e. The normalized spacial score (nSPS) is 19.6. The van der Waals surface area contributed by atoms with E-state index in [1.807, 2.05) is 12.1 Å². The van der Waals surface area contributed by atoms with Gasteiger partial charge in [-0.3, -0.25) is 4.90 Å².